The normalized spacial score (nSPS) is 16.5. The van der Waals surface area contributed by atoms with Gasteiger partial charge in [0.25, 0.3) is 5.91 Å². The molecule has 10 heteroatoms. The number of rotatable bonds is 9. The van der Waals surface area contributed by atoms with E-state index >= 15 is 0 Å². The number of aryl methyl sites for hydroxylation is 1. The van der Waals surface area contributed by atoms with Crippen LogP contribution in [-0.2, 0) is 4.74 Å². The monoisotopic (exact) mass is 616 g/mol. The predicted molar refractivity (Wildman–Crippen MR) is 177 cm³/mol. The van der Waals surface area contributed by atoms with Crippen molar-refractivity contribution in [2.75, 3.05) is 64.4 Å². The fourth-order valence-corrected chi connectivity index (χ4v) is 6.18. The molecule has 5 rings (SSSR count). The van der Waals surface area contributed by atoms with Crippen LogP contribution in [0.1, 0.15) is 67.6 Å². The lowest BCUT2D eigenvalue weighted by Crippen LogP contribution is -2.47. The number of hydrogen-bond acceptors (Lipinski definition) is 7. The van der Waals surface area contributed by atoms with Gasteiger partial charge in [0.2, 0.25) is 0 Å². The number of benzene rings is 2. The Kier molecular flexibility index (Phi) is 10.3. The van der Waals surface area contributed by atoms with Crippen molar-refractivity contribution in [1.82, 2.24) is 24.9 Å². The van der Waals surface area contributed by atoms with E-state index in [-0.39, 0.29) is 17.9 Å². The van der Waals surface area contributed by atoms with Crippen LogP contribution >= 0.6 is 0 Å². The molecule has 0 atom stereocenters. The second-order valence-corrected chi connectivity index (χ2v) is 13.0. The van der Waals surface area contributed by atoms with Crippen LogP contribution < -0.4 is 15.0 Å². The van der Waals surface area contributed by atoms with Gasteiger partial charge in [-0.3, -0.25) is 9.69 Å². The fourth-order valence-electron chi connectivity index (χ4n) is 6.18. The summed E-state index contributed by atoms with van der Waals surface area (Å²) >= 11 is 0. The van der Waals surface area contributed by atoms with E-state index in [1.165, 1.54) is 0 Å². The lowest BCUT2D eigenvalue weighted by molar-refractivity contribution is 0.0203. The first-order valence-electron chi connectivity index (χ1n) is 16.1. The summed E-state index contributed by atoms with van der Waals surface area (Å²) in [7, 11) is 1.72. The Balaban J connectivity index is 1.18. The minimum absolute atomic E-state index is 0.0905. The molecule has 10 nitrogen and oxygen atoms in total. The van der Waals surface area contributed by atoms with Crippen molar-refractivity contribution in [3.05, 3.63) is 71.5 Å². The van der Waals surface area contributed by atoms with Crippen molar-refractivity contribution >= 4 is 17.7 Å². The molecular formula is C35H48N6O4. The Labute approximate surface area is 267 Å². The highest BCUT2D eigenvalue weighted by atomic mass is 16.6. The first kappa shape index (κ1) is 32.3. The number of hydrogen-bond donors (Lipinski definition) is 1. The zero-order chi connectivity index (χ0) is 32.0. The van der Waals surface area contributed by atoms with Crippen LogP contribution in [0.5, 0.6) is 5.75 Å². The van der Waals surface area contributed by atoms with E-state index in [1.807, 2.05) is 49.7 Å². The summed E-state index contributed by atoms with van der Waals surface area (Å²) < 4.78 is 13.1. The van der Waals surface area contributed by atoms with E-state index < -0.39 is 5.60 Å². The number of aromatic nitrogens is 2. The van der Waals surface area contributed by atoms with Gasteiger partial charge in [0.05, 0.1) is 35.9 Å². The summed E-state index contributed by atoms with van der Waals surface area (Å²) in [5, 5.41) is 7.85. The summed E-state index contributed by atoms with van der Waals surface area (Å²) in [5.41, 5.74) is 4.22. The Morgan fingerprint density at radius 3 is 2.31 bits per heavy atom. The number of carbonyl (C=O) groups excluding carboxylic acids is 2. The van der Waals surface area contributed by atoms with Crippen LogP contribution in [0, 0.1) is 6.92 Å². The molecule has 2 aliphatic rings. The van der Waals surface area contributed by atoms with E-state index in [0.29, 0.717) is 25.2 Å². The van der Waals surface area contributed by atoms with Gasteiger partial charge in [-0.2, -0.15) is 5.10 Å². The molecule has 1 N–H and O–H groups in total. The second kappa shape index (κ2) is 14.4. The fraction of sp³-hybridized carbons (Fsp3) is 0.514. The molecular weight excluding hydrogens is 568 g/mol. The van der Waals surface area contributed by atoms with Crippen molar-refractivity contribution < 1.29 is 19.1 Å². The summed E-state index contributed by atoms with van der Waals surface area (Å²) in [5.74, 6) is 0.902. The molecule has 45 heavy (non-hydrogen) atoms. The van der Waals surface area contributed by atoms with Gasteiger partial charge in [0.15, 0.2) is 0 Å². The quantitative estimate of drug-likeness (QED) is 0.329. The smallest absolute Gasteiger partial charge is 0.410 e. The van der Waals surface area contributed by atoms with E-state index in [4.69, 9.17) is 9.47 Å². The summed E-state index contributed by atoms with van der Waals surface area (Å²) in [6.07, 6.45) is 3.75. The number of piperazine rings is 1. The molecule has 2 amide bonds. The Bertz CT molecular complexity index is 1430. The van der Waals surface area contributed by atoms with Crippen molar-refractivity contribution in [2.45, 2.75) is 58.5 Å². The third-order valence-corrected chi connectivity index (χ3v) is 8.60. The maximum absolute atomic E-state index is 13.6. The number of carbonyl (C=O) groups is 2. The van der Waals surface area contributed by atoms with Crippen LogP contribution in [-0.4, -0.2) is 96.6 Å². The third-order valence-electron chi connectivity index (χ3n) is 8.60. The molecule has 2 aliphatic heterocycles. The molecule has 2 fully saturated rings. The SMILES string of the molecule is COc1ccccc1N1CCN(CCCNC(=O)c2cnn(-c3ccc(C)cc3)c2C2CCN(C(=O)OC(C)(C)C)CC2)CC1. The van der Waals surface area contributed by atoms with E-state index in [9.17, 15) is 9.59 Å². The van der Waals surface area contributed by atoms with Gasteiger partial charge in [-0.15, -0.1) is 0 Å². The van der Waals surface area contributed by atoms with Crippen molar-refractivity contribution in [2.24, 2.45) is 0 Å². The number of para-hydroxylation sites is 2. The number of nitrogens with one attached hydrogen (secondary N) is 1. The second-order valence-electron chi connectivity index (χ2n) is 13.0. The molecule has 0 spiro atoms. The van der Waals surface area contributed by atoms with Crippen LogP contribution in [0.25, 0.3) is 5.69 Å². The lowest BCUT2D eigenvalue weighted by atomic mass is 9.90. The topological polar surface area (TPSA) is 92.2 Å². The van der Waals surface area contributed by atoms with Gasteiger partial charge in [-0.1, -0.05) is 29.8 Å². The van der Waals surface area contributed by atoms with Crippen LogP contribution in [0.4, 0.5) is 10.5 Å². The molecule has 0 aliphatic carbocycles. The molecule has 0 bridgehead atoms. The predicted octanol–water partition coefficient (Wildman–Crippen LogP) is 5.25. The van der Waals surface area contributed by atoms with Gasteiger partial charge < -0.3 is 24.6 Å². The molecule has 0 radical (unpaired) electrons. The maximum atomic E-state index is 13.6. The maximum Gasteiger partial charge on any atom is 0.410 e. The van der Waals surface area contributed by atoms with Crippen molar-refractivity contribution in [1.29, 1.82) is 0 Å². The van der Waals surface area contributed by atoms with Crippen molar-refractivity contribution in [3.63, 3.8) is 0 Å². The van der Waals surface area contributed by atoms with E-state index in [2.05, 4.69) is 51.4 Å². The molecule has 0 unspecified atom stereocenters. The van der Waals surface area contributed by atoms with Crippen LogP contribution in [0.15, 0.2) is 54.7 Å². The zero-order valence-corrected chi connectivity index (χ0v) is 27.4. The van der Waals surface area contributed by atoms with Crippen LogP contribution in [0.2, 0.25) is 0 Å². The number of piperidine rings is 1. The largest absolute Gasteiger partial charge is 0.495 e. The highest BCUT2D eigenvalue weighted by Crippen LogP contribution is 2.33. The van der Waals surface area contributed by atoms with E-state index in [0.717, 1.165) is 80.4 Å². The Morgan fingerprint density at radius 1 is 0.956 bits per heavy atom. The van der Waals surface area contributed by atoms with E-state index in [1.54, 1.807) is 18.2 Å². The molecule has 1 aromatic heterocycles. The van der Waals surface area contributed by atoms with Gasteiger partial charge in [0, 0.05) is 51.7 Å². The highest BCUT2D eigenvalue weighted by molar-refractivity contribution is 5.95. The van der Waals surface area contributed by atoms with Gasteiger partial charge in [-0.25, -0.2) is 9.48 Å². The first-order chi connectivity index (χ1) is 21.6. The third kappa shape index (κ3) is 8.16. The minimum atomic E-state index is -0.534. The molecule has 2 aromatic carbocycles. The first-order valence-corrected chi connectivity index (χ1v) is 16.1. The van der Waals surface area contributed by atoms with Crippen molar-refractivity contribution in [3.8, 4) is 11.4 Å². The number of likely N-dealkylation sites (tertiary alicyclic amines) is 1. The Morgan fingerprint density at radius 2 is 1.64 bits per heavy atom. The summed E-state index contributed by atoms with van der Waals surface area (Å²) in [4.78, 5) is 32.8. The summed E-state index contributed by atoms with van der Waals surface area (Å²) in [6.45, 7) is 14.2. The highest BCUT2D eigenvalue weighted by Gasteiger charge is 2.32. The van der Waals surface area contributed by atoms with Gasteiger partial charge in [-0.05, 0) is 77.8 Å². The number of methoxy groups -OCH3 is 1. The lowest BCUT2D eigenvalue weighted by Gasteiger charge is -2.36. The number of nitrogens with zero attached hydrogens (tertiary/aromatic N) is 5. The Hall–Kier alpha value is -4.05. The van der Waals surface area contributed by atoms with Gasteiger partial charge in [0.1, 0.15) is 11.4 Å². The standard InChI is InChI=1S/C35H48N6O4/c1-26-11-13-28(14-12-26)41-32(27-15-19-40(20-16-27)34(43)45-35(2,3)4)29(25-37-41)33(42)36-17-8-18-38-21-23-39(24-22-38)30-9-6-7-10-31(30)44-5/h6-7,9-14,25,27H,8,15-24H2,1-5H3,(H,36,42). The minimum Gasteiger partial charge on any atom is -0.495 e. The number of amides is 2. The molecule has 3 heterocycles. The number of ether oxygens (including phenoxy) is 2. The molecule has 0 saturated carbocycles. The summed E-state index contributed by atoms with van der Waals surface area (Å²) in [6, 6.07) is 16.4. The van der Waals surface area contributed by atoms with Crippen LogP contribution in [0.3, 0.4) is 0 Å². The average Bonchev–Trinajstić information content (AvgIpc) is 3.48. The number of anilines is 1. The molecule has 2 saturated heterocycles. The van der Waals surface area contributed by atoms with Gasteiger partial charge >= 0.3 is 6.09 Å². The molecule has 3 aromatic rings. The zero-order valence-electron chi connectivity index (χ0n) is 27.4. The average molecular weight is 617 g/mol. The molecule has 242 valence electrons.